The molecule has 0 atom stereocenters. The van der Waals surface area contributed by atoms with Gasteiger partial charge in [0, 0.05) is 13.1 Å². The van der Waals surface area contributed by atoms with Crippen LogP contribution in [0.5, 0.6) is 11.5 Å². The van der Waals surface area contributed by atoms with Gasteiger partial charge in [-0.25, -0.2) is 0 Å². The van der Waals surface area contributed by atoms with Gasteiger partial charge in [0.2, 0.25) is 0 Å². The molecule has 1 aliphatic rings. The molecule has 3 nitrogen and oxygen atoms in total. The van der Waals surface area contributed by atoms with Gasteiger partial charge in [0.15, 0.2) is 0 Å². The van der Waals surface area contributed by atoms with Crippen LogP contribution in [0.15, 0.2) is 24.3 Å². The molecule has 0 spiro atoms. The van der Waals surface area contributed by atoms with Crippen LogP contribution in [0.25, 0.3) is 10.8 Å². The van der Waals surface area contributed by atoms with Crippen molar-refractivity contribution in [2.45, 2.75) is 12.8 Å². The van der Waals surface area contributed by atoms with Crippen molar-refractivity contribution in [2.75, 3.05) is 32.2 Å². The molecule has 0 saturated carbocycles. The summed E-state index contributed by atoms with van der Waals surface area (Å²) in [6.45, 7) is 2.32. The van der Waals surface area contributed by atoms with Crippen LogP contribution in [0.3, 0.4) is 0 Å². The number of methoxy groups -OCH3 is 2. The van der Waals surface area contributed by atoms with E-state index >= 15 is 0 Å². The van der Waals surface area contributed by atoms with Gasteiger partial charge in [-0.15, -0.1) is 22.9 Å². The molecule has 0 aromatic heterocycles. The maximum absolute atomic E-state index is 5.39. The molecule has 2 aromatic carbocycles. The summed E-state index contributed by atoms with van der Waals surface area (Å²) in [6.07, 6.45) is 2.58. The quantitative estimate of drug-likeness (QED) is 0.574. The van der Waals surface area contributed by atoms with Gasteiger partial charge in [-0.1, -0.05) is 17.8 Å². The fourth-order valence-corrected chi connectivity index (χ4v) is 2.75. The molecule has 0 amide bonds. The Morgan fingerprint density at radius 2 is 1.68 bits per heavy atom. The number of rotatable bonds is 3. The largest absolute Gasteiger partial charge is 1.00 e. The van der Waals surface area contributed by atoms with E-state index in [0.717, 1.165) is 24.6 Å². The van der Waals surface area contributed by atoms with Crippen LogP contribution in [0, 0.1) is 0 Å². The summed E-state index contributed by atoms with van der Waals surface area (Å²) in [5, 5.41) is 2.48. The molecule has 19 heavy (non-hydrogen) atoms. The van der Waals surface area contributed by atoms with Crippen LogP contribution in [-0.2, 0) is 0 Å². The van der Waals surface area contributed by atoms with Crippen molar-refractivity contribution < 1.29 is 28.3 Å². The predicted molar refractivity (Wildman–Crippen MR) is 74.1 cm³/mol. The maximum atomic E-state index is 5.39. The summed E-state index contributed by atoms with van der Waals surface area (Å²) in [6, 6.07) is 8.50. The zero-order valence-electron chi connectivity index (χ0n) is 11.9. The van der Waals surface area contributed by atoms with Crippen molar-refractivity contribution in [1.82, 2.24) is 0 Å². The molecule has 3 rings (SSSR count). The van der Waals surface area contributed by atoms with Crippen LogP contribution in [0.4, 0.5) is 5.69 Å². The Kier molecular flexibility index (Phi) is 4.39. The summed E-state index contributed by atoms with van der Waals surface area (Å²) < 4.78 is 10.7. The molecular formula is C15H18LiNO2. The van der Waals surface area contributed by atoms with Crippen LogP contribution < -0.4 is 33.2 Å². The van der Waals surface area contributed by atoms with E-state index in [1.54, 1.807) is 14.2 Å². The standard InChI is InChI=1S/C15H18NO2.Li/c1-17-14-9-11-5-6-13(16-7-3-4-8-16)12(11)10-15(14)18-2;/h5-6,9-10H,3-4,7-8H2,1-2H3;/q-1;+1. The monoisotopic (exact) mass is 251 g/mol. The van der Waals surface area contributed by atoms with E-state index in [0.29, 0.717) is 0 Å². The molecule has 0 aliphatic carbocycles. The minimum Gasteiger partial charge on any atom is -0.503 e. The molecule has 0 unspecified atom stereocenters. The van der Waals surface area contributed by atoms with Crippen LogP contribution in [0.2, 0.25) is 0 Å². The number of fused-ring (bicyclic) bond motifs is 1. The Balaban J connectivity index is 0.00000133. The fraction of sp³-hybridized carbons (Fsp3) is 0.400. The third-order valence-electron chi connectivity index (χ3n) is 3.70. The van der Waals surface area contributed by atoms with Gasteiger partial charge >= 0.3 is 18.9 Å². The first-order chi connectivity index (χ1) is 8.83. The summed E-state index contributed by atoms with van der Waals surface area (Å²) in [5.41, 5.74) is 1.32. The molecule has 1 fully saturated rings. The third kappa shape index (κ3) is 2.45. The molecule has 0 N–H and O–H groups in total. The molecule has 96 valence electrons. The molecule has 4 heteroatoms. The first-order valence-electron chi connectivity index (χ1n) is 6.40. The van der Waals surface area contributed by atoms with Crippen LogP contribution >= 0.6 is 0 Å². The summed E-state index contributed by atoms with van der Waals surface area (Å²) in [4.78, 5) is 2.45. The number of benzene rings is 1. The number of anilines is 1. The van der Waals surface area contributed by atoms with Gasteiger partial charge in [0.1, 0.15) is 11.5 Å². The minimum absolute atomic E-state index is 0. The van der Waals surface area contributed by atoms with Crippen LogP contribution in [-0.4, -0.2) is 27.3 Å². The molecule has 1 saturated heterocycles. The van der Waals surface area contributed by atoms with Crippen molar-refractivity contribution in [3.63, 3.8) is 0 Å². The van der Waals surface area contributed by atoms with Crippen molar-refractivity contribution in [1.29, 1.82) is 0 Å². The normalized spacial score (nSPS) is 14.5. The Bertz CT molecular complexity index is 559. The summed E-state index contributed by atoms with van der Waals surface area (Å²) in [7, 11) is 3.36. The number of hydrogen-bond donors (Lipinski definition) is 0. The first-order valence-corrected chi connectivity index (χ1v) is 6.40. The fourth-order valence-electron chi connectivity index (χ4n) is 2.75. The Hall–Kier alpha value is -1.17. The van der Waals surface area contributed by atoms with Crippen molar-refractivity contribution in [3.05, 3.63) is 24.3 Å². The molecule has 0 bridgehead atoms. The van der Waals surface area contributed by atoms with Crippen LogP contribution in [0.1, 0.15) is 12.8 Å². The SMILES string of the molecule is COc1cc2[cH-]cc(N3CCCC3)c2cc1OC.[Li+]. The number of nitrogens with zero attached hydrogens (tertiary/aromatic N) is 1. The second kappa shape index (κ2) is 5.86. The predicted octanol–water partition coefficient (Wildman–Crippen LogP) is 0.180. The Morgan fingerprint density at radius 1 is 1.05 bits per heavy atom. The van der Waals surface area contributed by atoms with Gasteiger partial charge in [0.05, 0.1) is 14.2 Å². The van der Waals surface area contributed by atoms with Crippen molar-refractivity contribution >= 4 is 16.5 Å². The van der Waals surface area contributed by atoms with E-state index in [1.165, 1.54) is 29.3 Å². The number of hydrogen-bond acceptors (Lipinski definition) is 3. The van der Waals surface area contributed by atoms with E-state index in [1.807, 2.05) is 6.07 Å². The molecular weight excluding hydrogens is 233 g/mol. The van der Waals surface area contributed by atoms with E-state index in [9.17, 15) is 0 Å². The van der Waals surface area contributed by atoms with Gasteiger partial charge in [-0.2, -0.15) is 0 Å². The molecule has 0 radical (unpaired) electrons. The van der Waals surface area contributed by atoms with Gasteiger partial charge in [-0.05, 0) is 12.8 Å². The Labute approximate surface area is 126 Å². The summed E-state index contributed by atoms with van der Waals surface area (Å²) >= 11 is 0. The zero-order chi connectivity index (χ0) is 12.5. The first kappa shape index (κ1) is 14.2. The topological polar surface area (TPSA) is 21.7 Å². The molecule has 2 aromatic rings. The molecule has 1 aliphatic heterocycles. The third-order valence-corrected chi connectivity index (χ3v) is 3.70. The van der Waals surface area contributed by atoms with Crippen molar-refractivity contribution in [3.8, 4) is 11.5 Å². The van der Waals surface area contributed by atoms with Crippen molar-refractivity contribution in [2.24, 2.45) is 0 Å². The van der Waals surface area contributed by atoms with E-state index in [4.69, 9.17) is 9.47 Å². The molecule has 1 heterocycles. The minimum atomic E-state index is 0. The maximum Gasteiger partial charge on any atom is 1.00 e. The second-order valence-corrected chi connectivity index (χ2v) is 4.71. The Morgan fingerprint density at radius 3 is 2.32 bits per heavy atom. The van der Waals surface area contributed by atoms with E-state index < -0.39 is 0 Å². The van der Waals surface area contributed by atoms with Gasteiger partial charge < -0.3 is 14.4 Å². The van der Waals surface area contributed by atoms with E-state index in [2.05, 4.69) is 23.1 Å². The average molecular weight is 251 g/mol. The second-order valence-electron chi connectivity index (χ2n) is 4.71. The zero-order valence-corrected chi connectivity index (χ0v) is 11.9. The number of ether oxygens (including phenoxy) is 2. The van der Waals surface area contributed by atoms with Gasteiger partial charge in [0.25, 0.3) is 0 Å². The average Bonchev–Trinajstić information content (AvgIpc) is 3.05. The van der Waals surface area contributed by atoms with E-state index in [-0.39, 0.29) is 18.9 Å². The summed E-state index contributed by atoms with van der Waals surface area (Å²) in [5.74, 6) is 1.60. The smallest absolute Gasteiger partial charge is 0.503 e. The van der Waals surface area contributed by atoms with Gasteiger partial charge in [-0.3, -0.25) is 0 Å².